The number of nitrogens with one attached hydrogen (secondary N) is 1. The molecule has 3 nitrogen and oxygen atoms in total. The van der Waals surface area contributed by atoms with Gasteiger partial charge in [0.1, 0.15) is 11.9 Å². The van der Waals surface area contributed by atoms with Crippen molar-refractivity contribution in [2.75, 3.05) is 19.8 Å². The predicted molar refractivity (Wildman–Crippen MR) is 80.1 cm³/mol. The van der Waals surface area contributed by atoms with E-state index in [2.05, 4.69) is 36.5 Å². The van der Waals surface area contributed by atoms with Crippen molar-refractivity contribution in [2.24, 2.45) is 5.92 Å². The molecule has 0 aromatic heterocycles. The van der Waals surface area contributed by atoms with Crippen LogP contribution in [0.5, 0.6) is 5.75 Å². The zero-order valence-corrected chi connectivity index (χ0v) is 12.3. The largest absolute Gasteiger partial charge is 0.490 e. The Labute approximate surface area is 121 Å². The van der Waals surface area contributed by atoms with E-state index in [4.69, 9.17) is 9.47 Å². The molecule has 0 amide bonds. The fourth-order valence-corrected chi connectivity index (χ4v) is 3.33. The van der Waals surface area contributed by atoms with Crippen molar-refractivity contribution in [1.29, 1.82) is 0 Å². The fourth-order valence-electron chi connectivity index (χ4n) is 3.33. The summed E-state index contributed by atoms with van der Waals surface area (Å²) >= 11 is 0. The zero-order chi connectivity index (χ0) is 13.8. The lowest BCUT2D eigenvalue weighted by molar-refractivity contribution is 0.00531. The molecule has 3 heteroatoms. The van der Waals surface area contributed by atoms with Crippen LogP contribution in [-0.2, 0) is 4.74 Å². The highest BCUT2D eigenvalue weighted by molar-refractivity contribution is 5.38. The van der Waals surface area contributed by atoms with Crippen LogP contribution in [0.15, 0.2) is 24.3 Å². The fraction of sp³-hybridized carbons (Fsp3) is 0.647. The molecule has 1 saturated heterocycles. The van der Waals surface area contributed by atoms with Gasteiger partial charge >= 0.3 is 0 Å². The molecule has 1 fully saturated rings. The molecule has 0 aliphatic carbocycles. The molecule has 0 saturated carbocycles. The minimum atomic E-state index is 0.336. The summed E-state index contributed by atoms with van der Waals surface area (Å²) in [6, 6.07) is 8.93. The van der Waals surface area contributed by atoms with Crippen LogP contribution in [-0.4, -0.2) is 25.9 Å². The van der Waals surface area contributed by atoms with Gasteiger partial charge in [0.25, 0.3) is 0 Å². The van der Waals surface area contributed by atoms with Gasteiger partial charge in [-0.15, -0.1) is 0 Å². The van der Waals surface area contributed by atoms with Crippen LogP contribution in [0.2, 0.25) is 0 Å². The first kappa shape index (κ1) is 13.9. The molecule has 0 radical (unpaired) electrons. The second-order valence-corrected chi connectivity index (χ2v) is 5.89. The number of para-hydroxylation sites is 1. The summed E-state index contributed by atoms with van der Waals surface area (Å²) in [4.78, 5) is 0. The van der Waals surface area contributed by atoms with Gasteiger partial charge in [-0.1, -0.05) is 25.1 Å². The number of benzene rings is 1. The maximum atomic E-state index is 6.29. The third-order valence-electron chi connectivity index (χ3n) is 4.47. The molecular weight excluding hydrogens is 250 g/mol. The molecule has 20 heavy (non-hydrogen) atoms. The van der Waals surface area contributed by atoms with E-state index in [-0.39, 0.29) is 0 Å². The Kier molecular flexibility index (Phi) is 4.58. The minimum Gasteiger partial charge on any atom is -0.490 e. The summed E-state index contributed by atoms with van der Waals surface area (Å²) in [6.07, 6.45) is 4.85. The molecule has 0 bridgehead atoms. The van der Waals surface area contributed by atoms with Crippen molar-refractivity contribution < 1.29 is 9.47 Å². The number of hydrogen-bond donors (Lipinski definition) is 1. The van der Waals surface area contributed by atoms with Crippen LogP contribution in [0.4, 0.5) is 0 Å². The smallest absolute Gasteiger partial charge is 0.124 e. The van der Waals surface area contributed by atoms with Crippen LogP contribution in [0.25, 0.3) is 0 Å². The highest BCUT2D eigenvalue weighted by Gasteiger charge is 2.33. The number of rotatable bonds is 4. The van der Waals surface area contributed by atoms with Crippen LogP contribution < -0.4 is 10.1 Å². The monoisotopic (exact) mass is 275 g/mol. The standard InChI is InChI=1S/C17H25NO2/c1-2-9-18-15-12-17(13-7-10-19-11-8-13)20-16-6-4-3-5-14(15)16/h3-6,13,15,17-18H,2,7-12H2,1H3. The lowest BCUT2D eigenvalue weighted by Gasteiger charge is -2.38. The first-order valence-electron chi connectivity index (χ1n) is 7.95. The summed E-state index contributed by atoms with van der Waals surface area (Å²) in [5.74, 6) is 1.71. The molecule has 1 N–H and O–H groups in total. The van der Waals surface area contributed by atoms with Gasteiger partial charge in [0.05, 0.1) is 0 Å². The van der Waals surface area contributed by atoms with Crippen LogP contribution in [0.1, 0.15) is 44.2 Å². The average molecular weight is 275 g/mol. The number of ether oxygens (including phenoxy) is 2. The molecule has 110 valence electrons. The molecule has 0 spiro atoms. The lowest BCUT2D eigenvalue weighted by atomic mass is 9.86. The summed E-state index contributed by atoms with van der Waals surface area (Å²) in [6.45, 7) is 5.06. The topological polar surface area (TPSA) is 30.5 Å². The molecule has 2 heterocycles. The average Bonchev–Trinajstić information content (AvgIpc) is 2.53. The summed E-state index contributed by atoms with van der Waals surface area (Å²) in [5, 5.41) is 3.69. The Hall–Kier alpha value is -1.06. The summed E-state index contributed by atoms with van der Waals surface area (Å²) < 4.78 is 11.8. The maximum absolute atomic E-state index is 6.29. The van der Waals surface area contributed by atoms with Crippen molar-refractivity contribution in [1.82, 2.24) is 5.32 Å². The molecule has 2 aliphatic rings. The van der Waals surface area contributed by atoms with E-state index in [1.54, 1.807) is 0 Å². The summed E-state index contributed by atoms with van der Waals surface area (Å²) in [5.41, 5.74) is 1.32. The second kappa shape index (κ2) is 6.59. The maximum Gasteiger partial charge on any atom is 0.124 e. The molecular formula is C17H25NO2. The van der Waals surface area contributed by atoms with E-state index in [9.17, 15) is 0 Å². The molecule has 3 rings (SSSR count). The zero-order valence-electron chi connectivity index (χ0n) is 12.3. The third kappa shape index (κ3) is 2.99. The van der Waals surface area contributed by atoms with E-state index in [1.165, 1.54) is 12.0 Å². The van der Waals surface area contributed by atoms with Crippen LogP contribution in [0, 0.1) is 5.92 Å². The van der Waals surface area contributed by atoms with E-state index < -0.39 is 0 Å². The van der Waals surface area contributed by atoms with Gasteiger partial charge in [-0.25, -0.2) is 0 Å². The SMILES string of the molecule is CCCNC1CC(C2CCOCC2)Oc2ccccc21. The minimum absolute atomic E-state index is 0.336. The Morgan fingerprint density at radius 3 is 2.80 bits per heavy atom. The molecule has 2 atom stereocenters. The van der Waals surface area contributed by atoms with Crippen molar-refractivity contribution in [3.63, 3.8) is 0 Å². The predicted octanol–water partition coefficient (Wildman–Crippen LogP) is 3.31. The Morgan fingerprint density at radius 2 is 2.00 bits per heavy atom. The van der Waals surface area contributed by atoms with E-state index in [0.717, 1.165) is 44.8 Å². The highest BCUT2D eigenvalue weighted by atomic mass is 16.5. The van der Waals surface area contributed by atoms with Crippen LogP contribution in [0.3, 0.4) is 0 Å². The Balaban J connectivity index is 1.76. The number of hydrogen-bond acceptors (Lipinski definition) is 3. The van der Waals surface area contributed by atoms with E-state index in [1.807, 2.05) is 0 Å². The van der Waals surface area contributed by atoms with Gasteiger partial charge in [0, 0.05) is 37.2 Å². The van der Waals surface area contributed by atoms with E-state index in [0.29, 0.717) is 18.1 Å². The van der Waals surface area contributed by atoms with Gasteiger partial charge in [-0.3, -0.25) is 0 Å². The normalized spacial score (nSPS) is 26.9. The van der Waals surface area contributed by atoms with Gasteiger partial charge in [0.2, 0.25) is 0 Å². The van der Waals surface area contributed by atoms with Crippen molar-refractivity contribution in [2.45, 2.75) is 44.8 Å². The van der Waals surface area contributed by atoms with Crippen molar-refractivity contribution >= 4 is 0 Å². The molecule has 2 unspecified atom stereocenters. The molecule has 1 aromatic carbocycles. The number of fused-ring (bicyclic) bond motifs is 1. The Bertz CT molecular complexity index is 429. The van der Waals surface area contributed by atoms with E-state index >= 15 is 0 Å². The second-order valence-electron chi connectivity index (χ2n) is 5.89. The first-order chi connectivity index (χ1) is 9.88. The van der Waals surface area contributed by atoms with Gasteiger partial charge in [0.15, 0.2) is 0 Å². The van der Waals surface area contributed by atoms with Gasteiger partial charge < -0.3 is 14.8 Å². The molecule has 2 aliphatic heterocycles. The van der Waals surface area contributed by atoms with Crippen molar-refractivity contribution in [3.05, 3.63) is 29.8 Å². The van der Waals surface area contributed by atoms with Gasteiger partial charge in [-0.05, 0) is 31.9 Å². The highest BCUT2D eigenvalue weighted by Crippen LogP contribution is 2.38. The lowest BCUT2D eigenvalue weighted by Crippen LogP contribution is -2.39. The van der Waals surface area contributed by atoms with Crippen LogP contribution >= 0.6 is 0 Å². The molecule has 1 aromatic rings. The quantitative estimate of drug-likeness (QED) is 0.914. The summed E-state index contributed by atoms with van der Waals surface area (Å²) in [7, 11) is 0. The third-order valence-corrected chi connectivity index (χ3v) is 4.47. The van der Waals surface area contributed by atoms with Crippen molar-refractivity contribution in [3.8, 4) is 5.75 Å². The Morgan fingerprint density at radius 1 is 1.20 bits per heavy atom. The van der Waals surface area contributed by atoms with Gasteiger partial charge in [-0.2, -0.15) is 0 Å². The first-order valence-corrected chi connectivity index (χ1v) is 7.95.